The topological polar surface area (TPSA) is 52.2 Å². The van der Waals surface area contributed by atoms with Crippen molar-refractivity contribution in [3.8, 4) is 0 Å². The summed E-state index contributed by atoms with van der Waals surface area (Å²) in [5.74, 6) is 0. The smallest absolute Gasteiger partial charge is 0.259 e. The molecule has 0 bridgehead atoms. The lowest BCUT2D eigenvalue weighted by atomic mass is 9.97. The van der Waals surface area contributed by atoms with Crippen molar-refractivity contribution in [1.29, 1.82) is 0 Å². The van der Waals surface area contributed by atoms with E-state index in [1.807, 2.05) is 0 Å². The number of nitrogens with zero attached hydrogens (tertiary/aromatic N) is 4. The van der Waals surface area contributed by atoms with Crippen LogP contribution in [0.25, 0.3) is 5.65 Å². The minimum absolute atomic E-state index is 0.00477. The molecule has 2 heterocycles. The van der Waals surface area contributed by atoms with Crippen LogP contribution in [0.1, 0.15) is 13.8 Å². The van der Waals surface area contributed by atoms with E-state index in [9.17, 15) is 4.79 Å². The number of hydrogen-bond donors (Lipinski definition) is 0. The first-order valence-electron chi connectivity index (χ1n) is 4.99. The first kappa shape index (κ1) is 11.3. The van der Waals surface area contributed by atoms with Gasteiger partial charge in [0.25, 0.3) is 0 Å². The predicted molar refractivity (Wildman–Crippen MR) is 64.8 cm³/mol. The maximum Gasteiger partial charge on any atom is 0.350 e. The fraction of sp³-hybridized carbons (Fsp3) is 0.500. The van der Waals surface area contributed by atoms with Gasteiger partial charge in [-0.3, -0.25) is 4.98 Å². The van der Waals surface area contributed by atoms with Crippen LogP contribution in [-0.2, 0) is 6.54 Å². The molecule has 0 aliphatic rings. The summed E-state index contributed by atoms with van der Waals surface area (Å²) in [6.07, 6.45) is 4.79. The van der Waals surface area contributed by atoms with Crippen molar-refractivity contribution in [2.75, 3.05) is 5.33 Å². The molecule has 0 aliphatic carbocycles. The van der Waals surface area contributed by atoms with Crippen molar-refractivity contribution in [1.82, 2.24) is 19.2 Å². The largest absolute Gasteiger partial charge is 0.350 e. The zero-order valence-corrected chi connectivity index (χ0v) is 10.8. The summed E-state index contributed by atoms with van der Waals surface area (Å²) in [6, 6.07) is 0. The minimum atomic E-state index is -0.119. The van der Waals surface area contributed by atoms with Crippen molar-refractivity contribution in [2.45, 2.75) is 20.4 Å². The highest BCUT2D eigenvalue weighted by molar-refractivity contribution is 9.09. The van der Waals surface area contributed by atoms with Crippen LogP contribution in [0.3, 0.4) is 0 Å². The highest BCUT2D eigenvalue weighted by Crippen LogP contribution is 2.19. The molecule has 5 nitrogen and oxygen atoms in total. The highest BCUT2D eigenvalue weighted by Gasteiger charge is 2.19. The minimum Gasteiger partial charge on any atom is -0.259 e. The zero-order chi connectivity index (χ0) is 11.8. The molecule has 0 spiro atoms. The van der Waals surface area contributed by atoms with E-state index in [4.69, 9.17) is 0 Å². The van der Waals surface area contributed by atoms with Gasteiger partial charge >= 0.3 is 5.69 Å². The molecule has 2 aromatic heterocycles. The molecule has 6 heteroatoms. The van der Waals surface area contributed by atoms with Crippen molar-refractivity contribution < 1.29 is 0 Å². The average molecular weight is 285 g/mol. The van der Waals surface area contributed by atoms with Gasteiger partial charge in [0.2, 0.25) is 0 Å². The summed E-state index contributed by atoms with van der Waals surface area (Å²) in [7, 11) is 0. The first-order valence-corrected chi connectivity index (χ1v) is 6.11. The van der Waals surface area contributed by atoms with Crippen LogP contribution in [0, 0.1) is 5.41 Å². The summed E-state index contributed by atoms with van der Waals surface area (Å²) in [5, 5.41) is 5.05. The number of aromatic nitrogens is 4. The molecular formula is C10H13BrN4O. The molecular weight excluding hydrogens is 272 g/mol. The van der Waals surface area contributed by atoms with Gasteiger partial charge in [-0.25, -0.2) is 13.9 Å². The Kier molecular flexibility index (Phi) is 2.84. The van der Waals surface area contributed by atoms with Gasteiger partial charge in [-0.1, -0.05) is 29.8 Å². The summed E-state index contributed by atoms with van der Waals surface area (Å²) in [6.45, 7) is 4.74. The molecule has 0 fully saturated rings. The van der Waals surface area contributed by atoms with E-state index in [2.05, 4.69) is 39.9 Å². The predicted octanol–water partition coefficient (Wildman–Crippen LogP) is 1.31. The summed E-state index contributed by atoms with van der Waals surface area (Å²) >= 11 is 3.43. The van der Waals surface area contributed by atoms with Crippen molar-refractivity contribution >= 4 is 21.6 Å². The zero-order valence-electron chi connectivity index (χ0n) is 9.22. The van der Waals surface area contributed by atoms with Crippen molar-refractivity contribution in [2.24, 2.45) is 5.41 Å². The molecule has 0 N–H and O–H groups in total. The number of fused-ring (bicyclic) bond motifs is 1. The number of halogens is 1. The van der Waals surface area contributed by atoms with Crippen LogP contribution in [-0.4, -0.2) is 24.5 Å². The van der Waals surface area contributed by atoms with Crippen LogP contribution in [0.2, 0.25) is 0 Å². The Balaban J connectivity index is 2.47. The lowest BCUT2D eigenvalue weighted by Gasteiger charge is -2.20. The quantitative estimate of drug-likeness (QED) is 0.799. The van der Waals surface area contributed by atoms with E-state index in [1.165, 1.54) is 9.08 Å². The number of rotatable bonds is 3. The van der Waals surface area contributed by atoms with E-state index in [0.29, 0.717) is 12.2 Å². The summed E-state index contributed by atoms with van der Waals surface area (Å²) in [5.41, 5.74) is 0.458. The van der Waals surface area contributed by atoms with E-state index >= 15 is 0 Å². The van der Waals surface area contributed by atoms with Gasteiger partial charge in [-0.05, 0) is 5.41 Å². The molecule has 0 unspecified atom stereocenters. The third kappa shape index (κ3) is 2.02. The van der Waals surface area contributed by atoms with E-state index in [0.717, 1.165) is 5.33 Å². The van der Waals surface area contributed by atoms with Gasteiger partial charge in [0.15, 0.2) is 5.65 Å². The van der Waals surface area contributed by atoms with Crippen LogP contribution in [0.5, 0.6) is 0 Å². The van der Waals surface area contributed by atoms with Crippen LogP contribution >= 0.6 is 15.9 Å². The highest BCUT2D eigenvalue weighted by atomic mass is 79.9. The monoisotopic (exact) mass is 284 g/mol. The number of hydrogen-bond acceptors (Lipinski definition) is 3. The lowest BCUT2D eigenvalue weighted by Crippen LogP contribution is -2.29. The molecule has 0 aliphatic heterocycles. The van der Waals surface area contributed by atoms with Crippen LogP contribution < -0.4 is 5.69 Å². The second-order valence-electron chi connectivity index (χ2n) is 4.54. The molecule has 0 saturated carbocycles. The molecule has 0 radical (unpaired) electrons. The van der Waals surface area contributed by atoms with E-state index in [-0.39, 0.29) is 11.1 Å². The normalized spacial score (nSPS) is 12.2. The molecule has 0 saturated heterocycles. The van der Waals surface area contributed by atoms with Gasteiger partial charge in [-0.15, -0.1) is 5.10 Å². The molecule has 86 valence electrons. The molecule has 16 heavy (non-hydrogen) atoms. The Morgan fingerprint density at radius 3 is 2.88 bits per heavy atom. The average Bonchev–Trinajstić information content (AvgIpc) is 2.56. The first-order chi connectivity index (χ1) is 7.53. The van der Waals surface area contributed by atoms with Gasteiger partial charge in [0.05, 0.1) is 12.7 Å². The molecule has 2 rings (SSSR count). The maximum absolute atomic E-state index is 11.9. The molecule has 0 aromatic carbocycles. The molecule has 2 aromatic rings. The van der Waals surface area contributed by atoms with Crippen molar-refractivity contribution in [3.05, 3.63) is 29.1 Å². The SMILES string of the molecule is CC(C)(CBr)Cn1nc2cnccn2c1=O. The van der Waals surface area contributed by atoms with Gasteiger partial charge in [0.1, 0.15) is 0 Å². The Morgan fingerprint density at radius 2 is 2.25 bits per heavy atom. The maximum atomic E-state index is 11.9. The Morgan fingerprint density at radius 1 is 1.50 bits per heavy atom. The fourth-order valence-corrected chi connectivity index (χ4v) is 1.61. The Hall–Kier alpha value is -1.17. The van der Waals surface area contributed by atoms with E-state index < -0.39 is 0 Å². The third-order valence-corrected chi connectivity index (χ3v) is 3.85. The third-order valence-electron chi connectivity index (χ3n) is 2.33. The van der Waals surface area contributed by atoms with E-state index in [1.54, 1.807) is 18.6 Å². The second-order valence-corrected chi connectivity index (χ2v) is 5.10. The standard InChI is InChI=1S/C10H13BrN4O/c1-10(2,6-11)7-15-9(16)14-4-3-12-5-8(14)13-15/h3-5H,6-7H2,1-2H3. The summed E-state index contributed by atoms with van der Waals surface area (Å²) in [4.78, 5) is 15.9. The van der Waals surface area contributed by atoms with Crippen LogP contribution in [0.4, 0.5) is 0 Å². The van der Waals surface area contributed by atoms with Crippen LogP contribution in [0.15, 0.2) is 23.4 Å². The molecule has 0 atom stereocenters. The number of alkyl halides is 1. The van der Waals surface area contributed by atoms with Gasteiger partial charge < -0.3 is 0 Å². The second kappa shape index (κ2) is 4.01. The Bertz CT molecular complexity index is 557. The Labute approximate surface area is 101 Å². The lowest BCUT2D eigenvalue weighted by molar-refractivity contribution is 0.329. The van der Waals surface area contributed by atoms with Crippen molar-refractivity contribution in [3.63, 3.8) is 0 Å². The summed E-state index contributed by atoms with van der Waals surface area (Å²) < 4.78 is 2.98. The molecule has 0 amide bonds. The van der Waals surface area contributed by atoms with Gasteiger partial charge in [-0.2, -0.15) is 0 Å². The van der Waals surface area contributed by atoms with Gasteiger partial charge in [0, 0.05) is 17.7 Å². The fourth-order valence-electron chi connectivity index (χ4n) is 1.43.